The van der Waals surface area contributed by atoms with Gasteiger partial charge in [-0.15, -0.1) is 0 Å². The van der Waals surface area contributed by atoms with Crippen molar-refractivity contribution in [2.75, 3.05) is 24.5 Å². The minimum Gasteiger partial charge on any atom is -0.349 e. The Morgan fingerprint density at radius 2 is 2.13 bits per heavy atom. The molecule has 0 aromatic carbocycles. The summed E-state index contributed by atoms with van der Waals surface area (Å²) in [5, 5.41) is 3.10. The standard InChI is InChI=1S/C15H19ClN6O/c16-12-10-19-15(22-6-2-1-3-7-22)20-13(12)14(23)18-5-9-21-8-4-17-11-21/h4,8,10-11H,1-3,5-7,9H2,(H,18,23). The molecule has 0 aliphatic carbocycles. The predicted octanol–water partition coefficient (Wildman–Crippen LogP) is 1.75. The topological polar surface area (TPSA) is 75.9 Å². The number of imidazole rings is 1. The third-order valence-corrected chi connectivity index (χ3v) is 4.08. The molecule has 1 aliphatic rings. The average molecular weight is 335 g/mol. The molecule has 1 aliphatic heterocycles. The molecule has 2 aromatic heterocycles. The average Bonchev–Trinajstić information content (AvgIpc) is 3.09. The maximum Gasteiger partial charge on any atom is 0.271 e. The fourth-order valence-corrected chi connectivity index (χ4v) is 2.74. The van der Waals surface area contributed by atoms with E-state index < -0.39 is 0 Å². The maximum absolute atomic E-state index is 12.3. The first-order valence-electron chi connectivity index (χ1n) is 7.75. The smallest absolute Gasteiger partial charge is 0.271 e. The van der Waals surface area contributed by atoms with E-state index in [2.05, 4.69) is 25.2 Å². The van der Waals surface area contributed by atoms with Gasteiger partial charge in [0.15, 0.2) is 5.69 Å². The summed E-state index contributed by atoms with van der Waals surface area (Å²) in [7, 11) is 0. The first-order valence-corrected chi connectivity index (χ1v) is 8.13. The zero-order chi connectivity index (χ0) is 16.1. The lowest BCUT2D eigenvalue weighted by Gasteiger charge is -2.26. The number of carbonyl (C=O) groups excluding carboxylic acids is 1. The monoisotopic (exact) mass is 334 g/mol. The van der Waals surface area contributed by atoms with E-state index in [0.29, 0.717) is 19.0 Å². The van der Waals surface area contributed by atoms with Crippen molar-refractivity contribution in [3.8, 4) is 0 Å². The van der Waals surface area contributed by atoms with Gasteiger partial charge in [0, 0.05) is 38.6 Å². The number of nitrogens with one attached hydrogen (secondary N) is 1. The van der Waals surface area contributed by atoms with Gasteiger partial charge < -0.3 is 14.8 Å². The van der Waals surface area contributed by atoms with E-state index in [1.165, 1.54) is 12.6 Å². The van der Waals surface area contributed by atoms with E-state index in [-0.39, 0.29) is 16.6 Å². The van der Waals surface area contributed by atoms with Crippen LogP contribution in [0.5, 0.6) is 0 Å². The molecule has 1 fully saturated rings. The summed E-state index contributed by atoms with van der Waals surface area (Å²) in [5.41, 5.74) is 0.230. The van der Waals surface area contributed by atoms with Crippen LogP contribution in [0.2, 0.25) is 5.02 Å². The highest BCUT2D eigenvalue weighted by Gasteiger charge is 2.18. The second kappa shape index (κ2) is 7.41. The van der Waals surface area contributed by atoms with Gasteiger partial charge in [-0.2, -0.15) is 0 Å². The van der Waals surface area contributed by atoms with Crippen LogP contribution in [-0.2, 0) is 6.54 Å². The van der Waals surface area contributed by atoms with E-state index in [4.69, 9.17) is 11.6 Å². The number of nitrogens with zero attached hydrogens (tertiary/aromatic N) is 5. The Kier molecular flexibility index (Phi) is 5.07. The largest absolute Gasteiger partial charge is 0.349 e. The zero-order valence-corrected chi connectivity index (χ0v) is 13.5. The van der Waals surface area contributed by atoms with Crippen molar-refractivity contribution in [3.05, 3.63) is 35.6 Å². The van der Waals surface area contributed by atoms with Crippen LogP contribution in [0.4, 0.5) is 5.95 Å². The molecular weight excluding hydrogens is 316 g/mol. The van der Waals surface area contributed by atoms with Crippen molar-refractivity contribution in [1.82, 2.24) is 24.8 Å². The molecule has 0 saturated carbocycles. The number of carbonyl (C=O) groups is 1. The summed E-state index contributed by atoms with van der Waals surface area (Å²) in [6.45, 7) is 2.97. The summed E-state index contributed by atoms with van der Waals surface area (Å²) >= 11 is 6.09. The summed E-state index contributed by atoms with van der Waals surface area (Å²) < 4.78 is 1.89. The summed E-state index contributed by atoms with van der Waals surface area (Å²) in [4.78, 5) is 27.0. The van der Waals surface area contributed by atoms with E-state index in [0.717, 1.165) is 25.9 Å². The van der Waals surface area contributed by atoms with Crippen LogP contribution in [0, 0.1) is 0 Å². The van der Waals surface area contributed by atoms with Gasteiger partial charge in [-0.1, -0.05) is 11.6 Å². The van der Waals surface area contributed by atoms with E-state index in [1.807, 2.05) is 10.8 Å². The molecule has 0 atom stereocenters. The minimum absolute atomic E-state index is 0.230. The van der Waals surface area contributed by atoms with Crippen molar-refractivity contribution in [1.29, 1.82) is 0 Å². The van der Waals surface area contributed by atoms with Gasteiger partial charge in [0.1, 0.15) is 0 Å². The second-order valence-corrected chi connectivity index (χ2v) is 5.88. The lowest BCUT2D eigenvalue weighted by molar-refractivity contribution is 0.0947. The Labute approximate surface area is 139 Å². The molecule has 1 amide bonds. The molecule has 0 bridgehead atoms. The number of amides is 1. The fourth-order valence-electron chi connectivity index (χ4n) is 2.56. The van der Waals surface area contributed by atoms with Gasteiger partial charge in [-0.3, -0.25) is 4.79 Å². The Hall–Kier alpha value is -2.15. The highest BCUT2D eigenvalue weighted by molar-refractivity contribution is 6.33. The summed E-state index contributed by atoms with van der Waals surface area (Å²) in [6, 6.07) is 0. The van der Waals surface area contributed by atoms with Crippen molar-refractivity contribution in [3.63, 3.8) is 0 Å². The van der Waals surface area contributed by atoms with Crippen molar-refractivity contribution < 1.29 is 4.79 Å². The Morgan fingerprint density at radius 1 is 1.30 bits per heavy atom. The van der Waals surface area contributed by atoms with Gasteiger partial charge in [-0.05, 0) is 19.3 Å². The van der Waals surface area contributed by atoms with Crippen LogP contribution < -0.4 is 10.2 Å². The van der Waals surface area contributed by atoms with Crippen LogP contribution in [0.15, 0.2) is 24.9 Å². The van der Waals surface area contributed by atoms with Crippen molar-refractivity contribution in [2.45, 2.75) is 25.8 Å². The number of piperidine rings is 1. The minimum atomic E-state index is -0.282. The molecule has 1 N–H and O–H groups in total. The van der Waals surface area contributed by atoms with E-state index in [1.54, 1.807) is 12.5 Å². The quantitative estimate of drug-likeness (QED) is 0.901. The number of hydrogen-bond donors (Lipinski definition) is 1. The number of rotatable bonds is 5. The molecule has 0 spiro atoms. The van der Waals surface area contributed by atoms with Crippen molar-refractivity contribution >= 4 is 23.5 Å². The molecule has 0 radical (unpaired) electrons. The van der Waals surface area contributed by atoms with Gasteiger partial charge in [0.05, 0.1) is 17.5 Å². The van der Waals surface area contributed by atoms with Crippen LogP contribution in [0.1, 0.15) is 29.8 Å². The van der Waals surface area contributed by atoms with Crippen molar-refractivity contribution in [2.24, 2.45) is 0 Å². The highest BCUT2D eigenvalue weighted by Crippen LogP contribution is 2.19. The lowest BCUT2D eigenvalue weighted by atomic mass is 10.1. The third-order valence-electron chi connectivity index (χ3n) is 3.80. The lowest BCUT2D eigenvalue weighted by Crippen LogP contribution is -2.33. The summed E-state index contributed by atoms with van der Waals surface area (Å²) in [5.74, 6) is 0.296. The normalized spacial score (nSPS) is 14.7. The number of hydrogen-bond acceptors (Lipinski definition) is 5. The number of halogens is 1. The molecule has 7 nitrogen and oxygen atoms in total. The van der Waals surface area contributed by atoms with Crippen LogP contribution >= 0.6 is 11.6 Å². The highest BCUT2D eigenvalue weighted by atomic mass is 35.5. The van der Waals surface area contributed by atoms with Gasteiger partial charge >= 0.3 is 0 Å². The SMILES string of the molecule is O=C(NCCn1ccnc1)c1nc(N2CCCCC2)ncc1Cl. The predicted molar refractivity (Wildman–Crippen MR) is 87.7 cm³/mol. The van der Waals surface area contributed by atoms with E-state index >= 15 is 0 Å². The van der Waals surface area contributed by atoms with Gasteiger partial charge in [0.25, 0.3) is 5.91 Å². The van der Waals surface area contributed by atoms with Gasteiger partial charge in [-0.25, -0.2) is 15.0 Å². The first kappa shape index (κ1) is 15.7. The Morgan fingerprint density at radius 3 is 2.87 bits per heavy atom. The molecule has 3 rings (SSSR count). The molecule has 2 aromatic rings. The van der Waals surface area contributed by atoms with Crippen LogP contribution in [0.3, 0.4) is 0 Å². The maximum atomic E-state index is 12.3. The summed E-state index contributed by atoms with van der Waals surface area (Å²) in [6.07, 6.45) is 10.2. The molecule has 3 heterocycles. The molecule has 122 valence electrons. The molecular formula is C15H19ClN6O. The number of aromatic nitrogens is 4. The van der Waals surface area contributed by atoms with Crippen LogP contribution in [0.25, 0.3) is 0 Å². The van der Waals surface area contributed by atoms with E-state index in [9.17, 15) is 4.79 Å². The Balaban J connectivity index is 1.64. The Bertz CT molecular complexity index is 654. The second-order valence-electron chi connectivity index (χ2n) is 5.47. The van der Waals surface area contributed by atoms with Gasteiger partial charge in [0.2, 0.25) is 5.95 Å². The third kappa shape index (κ3) is 3.98. The molecule has 0 unspecified atom stereocenters. The molecule has 1 saturated heterocycles. The first-order chi connectivity index (χ1) is 11.2. The zero-order valence-electron chi connectivity index (χ0n) is 12.8. The molecule has 23 heavy (non-hydrogen) atoms. The number of anilines is 1. The molecule has 8 heteroatoms. The fraction of sp³-hybridized carbons (Fsp3) is 0.467. The van der Waals surface area contributed by atoms with Crippen LogP contribution in [-0.4, -0.2) is 45.1 Å².